The molecule has 2 N–H and O–H groups in total. The largest absolute Gasteiger partial charge is 0.493 e. The summed E-state index contributed by atoms with van der Waals surface area (Å²) in [5.41, 5.74) is 6.97. The van der Waals surface area contributed by atoms with Crippen LogP contribution in [0, 0.1) is 0 Å². The fourth-order valence-corrected chi connectivity index (χ4v) is 2.17. The predicted molar refractivity (Wildman–Crippen MR) is 74.0 cm³/mol. The van der Waals surface area contributed by atoms with Gasteiger partial charge in [-0.3, -0.25) is 0 Å². The Hall–Kier alpha value is -1.86. The van der Waals surface area contributed by atoms with Gasteiger partial charge in [0.2, 0.25) is 0 Å². The first-order chi connectivity index (χ1) is 9.55. The lowest BCUT2D eigenvalue weighted by atomic mass is 10.0. The van der Waals surface area contributed by atoms with Crippen LogP contribution in [0.25, 0.3) is 0 Å². The summed E-state index contributed by atoms with van der Waals surface area (Å²) in [5.74, 6) is 1.60. The molecule has 7 nitrogen and oxygen atoms in total. The summed E-state index contributed by atoms with van der Waals surface area (Å²) < 4.78 is 10.4. The van der Waals surface area contributed by atoms with Crippen LogP contribution in [0.2, 0.25) is 5.02 Å². The van der Waals surface area contributed by atoms with Crippen LogP contribution in [0.4, 0.5) is 0 Å². The van der Waals surface area contributed by atoms with Gasteiger partial charge in [-0.05, 0) is 22.9 Å². The highest BCUT2D eigenvalue weighted by Gasteiger charge is 2.16. The third kappa shape index (κ3) is 3.00. The highest BCUT2D eigenvalue weighted by atomic mass is 35.5. The maximum atomic E-state index is 6.16. The third-order valence-electron chi connectivity index (χ3n) is 2.84. The topological polar surface area (TPSA) is 88.1 Å². The van der Waals surface area contributed by atoms with E-state index in [9.17, 15) is 0 Å². The molecule has 1 aromatic heterocycles. The summed E-state index contributed by atoms with van der Waals surface area (Å²) in [5, 5.41) is 12.2. The summed E-state index contributed by atoms with van der Waals surface area (Å²) in [6, 6.07) is 3.24. The average molecular weight is 298 g/mol. The van der Waals surface area contributed by atoms with Gasteiger partial charge in [-0.15, -0.1) is 10.2 Å². The minimum absolute atomic E-state index is 0.309. The molecule has 8 heteroatoms. The Morgan fingerprint density at radius 2 is 2.10 bits per heavy atom. The van der Waals surface area contributed by atoms with E-state index in [2.05, 4.69) is 15.4 Å². The maximum Gasteiger partial charge on any atom is 0.179 e. The van der Waals surface area contributed by atoms with Crippen LogP contribution >= 0.6 is 11.6 Å². The smallest absolute Gasteiger partial charge is 0.179 e. The number of nitrogens with zero attached hydrogens (tertiary/aromatic N) is 4. The van der Waals surface area contributed by atoms with Gasteiger partial charge in [-0.25, -0.2) is 0 Å². The van der Waals surface area contributed by atoms with E-state index in [-0.39, 0.29) is 6.04 Å². The number of hydrogen-bond acceptors (Lipinski definition) is 6. The molecule has 0 fully saturated rings. The quantitative estimate of drug-likeness (QED) is 0.890. The second-order valence-electron chi connectivity index (χ2n) is 4.24. The Morgan fingerprint density at radius 1 is 1.35 bits per heavy atom. The molecule has 20 heavy (non-hydrogen) atoms. The number of benzene rings is 1. The molecule has 2 rings (SSSR count). The third-order valence-corrected chi connectivity index (χ3v) is 3.12. The molecule has 1 atom stereocenters. The van der Waals surface area contributed by atoms with Crippen molar-refractivity contribution in [1.29, 1.82) is 0 Å². The van der Waals surface area contributed by atoms with Gasteiger partial charge in [0, 0.05) is 12.5 Å². The molecule has 1 aromatic carbocycles. The standard InChI is InChI=1S/C12H16ClN5O2/c1-18-16-11(15-17-18)6-9(14)7-4-8(13)12(20-3)10(5-7)19-2/h4-5,9H,6,14H2,1-3H3. The Kier molecular flexibility index (Phi) is 4.41. The molecule has 1 unspecified atom stereocenters. The second-order valence-corrected chi connectivity index (χ2v) is 4.65. The fraction of sp³-hybridized carbons (Fsp3) is 0.417. The zero-order chi connectivity index (χ0) is 14.7. The molecule has 0 radical (unpaired) electrons. The Balaban J connectivity index is 2.25. The number of aromatic nitrogens is 4. The molecule has 108 valence electrons. The van der Waals surface area contributed by atoms with Crippen LogP contribution in [0.15, 0.2) is 12.1 Å². The summed E-state index contributed by atoms with van der Waals surface area (Å²) in [6.45, 7) is 0. The van der Waals surface area contributed by atoms with E-state index in [0.717, 1.165) is 5.56 Å². The van der Waals surface area contributed by atoms with Crippen molar-refractivity contribution >= 4 is 11.6 Å². The molecule has 0 saturated heterocycles. The molecule has 0 aliphatic carbocycles. The monoisotopic (exact) mass is 297 g/mol. The fourth-order valence-electron chi connectivity index (χ4n) is 1.87. The van der Waals surface area contributed by atoms with Crippen LogP contribution in [0.3, 0.4) is 0 Å². The first kappa shape index (κ1) is 14.5. The van der Waals surface area contributed by atoms with Gasteiger partial charge in [0.1, 0.15) is 0 Å². The number of aryl methyl sites for hydroxylation is 1. The van der Waals surface area contributed by atoms with Gasteiger partial charge in [0.05, 0.1) is 26.3 Å². The van der Waals surface area contributed by atoms with Gasteiger partial charge in [-0.2, -0.15) is 4.80 Å². The van der Waals surface area contributed by atoms with Crippen molar-refractivity contribution in [2.24, 2.45) is 12.8 Å². The van der Waals surface area contributed by atoms with Crippen LogP contribution in [-0.4, -0.2) is 34.4 Å². The Morgan fingerprint density at radius 3 is 2.65 bits per heavy atom. The minimum Gasteiger partial charge on any atom is -0.493 e. The highest BCUT2D eigenvalue weighted by Crippen LogP contribution is 2.37. The average Bonchev–Trinajstić information content (AvgIpc) is 2.82. The zero-order valence-electron chi connectivity index (χ0n) is 11.5. The van der Waals surface area contributed by atoms with E-state index >= 15 is 0 Å². The van der Waals surface area contributed by atoms with Gasteiger partial charge < -0.3 is 15.2 Å². The first-order valence-corrected chi connectivity index (χ1v) is 6.32. The van der Waals surface area contributed by atoms with Crippen molar-refractivity contribution in [2.75, 3.05) is 14.2 Å². The van der Waals surface area contributed by atoms with Gasteiger partial charge in [0.15, 0.2) is 17.3 Å². The van der Waals surface area contributed by atoms with Crippen LogP contribution < -0.4 is 15.2 Å². The van der Waals surface area contributed by atoms with Crippen LogP contribution in [-0.2, 0) is 13.5 Å². The number of ether oxygens (including phenoxy) is 2. The second kappa shape index (κ2) is 6.06. The molecule has 1 heterocycles. The SMILES string of the molecule is COc1cc(C(N)Cc2nnn(C)n2)cc(Cl)c1OC. The highest BCUT2D eigenvalue weighted by molar-refractivity contribution is 6.32. The summed E-state index contributed by atoms with van der Waals surface area (Å²) >= 11 is 6.16. The van der Waals surface area contributed by atoms with Crippen LogP contribution in [0.5, 0.6) is 11.5 Å². The van der Waals surface area contributed by atoms with Crippen LogP contribution in [0.1, 0.15) is 17.4 Å². The lowest BCUT2D eigenvalue weighted by Crippen LogP contribution is -2.14. The van der Waals surface area contributed by atoms with Crippen molar-refractivity contribution < 1.29 is 9.47 Å². The zero-order valence-corrected chi connectivity index (χ0v) is 12.3. The molecule has 0 amide bonds. The Bertz CT molecular complexity index is 602. The maximum absolute atomic E-state index is 6.16. The number of rotatable bonds is 5. The molecule has 0 aliphatic heterocycles. The predicted octanol–water partition coefficient (Wildman–Crippen LogP) is 1.12. The van der Waals surface area contributed by atoms with Crippen molar-refractivity contribution in [3.05, 3.63) is 28.5 Å². The summed E-state index contributed by atoms with van der Waals surface area (Å²) in [7, 11) is 4.79. The van der Waals surface area contributed by atoms with Crippen molar-refractivity contribution in [3.63, 3.8) is 0 Å². The Labute approximate surface area is 121 Å². The van der Waals surface area contributed by atoms with E-state index in [4.69, 9.17) is 26.8 Å². The van der Waals surface area contributed by atoms with E-state index in [1.54, 1.807) is 26.3 Å². The van der Waals surface area contributed by atoms with Gasteiger partial charge in [0.25, 0.3) is 0 Å². The van der Waals surface area contributed by atoms with Crippen molar-refractivity contribution in [1.82, 2.24) is 20.2 Å². The molecule has 0 aliphatic rings. The lowest BCUT2D eigenvalue weighted by molar-refractivity contribution is 0.354. The van der Waals surface area contributed by atoms with E-state index in [1.165, 1.54) is 11.9 Å². The normalized spacial score (nSPS) is 12.2. The van der Waals surface area contributed by atoms with E-state index in [1.807, 2.05) is 0 Å². The lowest BCUT2D eigenvalue weighted by Gasteiger charge is -2.15. The first-order valence-electron chi connectivity index (χ1n) is 5.95. The number of halogens is 1. The minimum atomic E-state index is -0.309. The van der Waals surface area contributed by atoms with E-state index < -0.39 is 0 Å². The van der Waals surface area contributed by atoms with E-state index in [0.29, 0.717) is 28.8 Å². The van der Waals surface area contributed by atoms with Gasteiger partial charge in [-0.1, -0.05) is 11.6 Å². The molecule has 0 spiro atoms. The molecule has 0 saturated carbocycles. The molecule has 0 bridgehead atoms. The number of hydrogen-bond donors (Lipinski definition) is 1. The number of methoxy groups -OCH3 is 2. The number of tetrazole rings is 1. The number of nitrogens with two attached hydrogens (primary N) is 1. The van der Waals surface area contributed by atoms with Crippen molar-refractivity contribution in [3.8, 4) is 11.5 Å². The molecular formula is C12H16ClN5O2. The summed E-state index contributed by atoms with van der Waals surface area (Å²) in [6.07, 6.45) is 0.458. The van der Waals surface area contributed by atoms with Gasteiger partial charge >= 0.3 is 0 Å². The summed E-state index contributed by atoms with van der Waals surface area (Å²) in [4.78, 5) is 1.39. The van der Waals surface area contributed by atoms with Crippen molar-refractivity contribution in [2.45, 2.75) is 12.5 Å². The molecular weight excluding hydrogens is 282 g/mol. The molecule has 2 aromatic rings.